The van der Waals surface area contributed by atoms with Crippen molar-refractivity contribution < 1.29 is 18.9 Å². The first kappa shape index (κ1) is 25.9. The molecule has 1 aliphatic rings. The number of likely N-dealkylation sites (tertiary alicyclic amines) is 1. The summed E-state index contributed by atoms with van der Waals surface area (Å²) >= 11 is 0. The highest BCUT2D eigenvalue weighted by molar-refractivity contribution is 14.0. The lowest BCUT2D eigenvalue weighted by Gasteiger charge is -2.22. The van der Waals surface area contributed by atoms with E-state index in [1.165, 1.54) is 0 Å². The molecule has 9 heteroatoms. The Morgan fingerprint density at radius 3 is 2.79 bits per heavy atom. The SMILES string of the molecule is CCNC(=NCc1cccnc1OCCOC)N1CCC(COCCOC)C1.I. The highest BCUT2D eigenvalue weighted by Gasteiger charge is 2.25. The van der Waals surface area contributed by atoms with Gasteiger partial charge in [0.25, 0.3) is 0 Å². The second-order valence-electron chi connectivity index (χ2n) is 6.65. The maximum absolute atomic E-state index is 5.71. The van der Waals surface area contributed by atoms with Crippen LogP contribution < -0.4 is 10.1 Å². The third-order valence-corrected chi connectivity index (χ3v) is 4.48. The van der Waals surface area contributed by atoms with Gasteiger partial charge < -0.3 is 29.2 Å². The van der Waals surface area contributed by atoms with Crippen LogP contribution in [0.5, 0.6) is 5.88 Å². The standard InChI is InChI=1S/C20H34N4O4.HI/c1-4-21-20(24-9-7-17(15-24)16-27-12-10-25-2)23-14-18-6-5-8-22-19(18)28-13-11-26-3;/h5-6,8,17H,4,7,9-16H2,1-3H3,(H,21,23);1H. The number of halogens is 1. The average molecular weight is 522 g/mol. The summed E-state index contributed by atoms with van der Waals surface area (Å²) in [6.45, 7) is 8.41. The fourth-order valence-electron chi connectivity index (χ4n) is 3.04. The van der Waals surface area contributed by atoms with Crippen molar-refractivity contribution in [1.29, 1.82) is 0 Å². The molecule has 1 unspecified atom stereocenters. The average Bonchev–Trinajstić information content (AvgIpc) is 3.18. The van der Waals surface area contributed by atoms with Crippen LogP contribution in [0.25, 0.3) is 0 Å². The fraction of sp³-hybridized carbons (Fsp3) is 0.700. The van der Waals surface area contributed by atoms with Crippen LogP contribution in [-0.4, -0.2) is 82.7 Å². The number of nitrogens with one attached hydrogen (secondary N) is 1. The maximum atomic E-state index is 5.71. The van der Waals surface area contributed by atoms with Gasteiger partial charge >= 0.3 is 0 Å². The summed E-state index contributed by atoms with van der Waals surface area (Å²) in [5.41, 5.74) is 0.965. The molecule has 1 aliphatic heterocycles. The monoisotopic (exact) mass is 522 g/mol. The molecule has 0 bridgehead atoms. The number of nitrogens with zero attached hydrogens (tertiary/aromatic N) is 3. The van der Waals surface area contributed by atoms with Gasteiger partial charge in [0.1, 0.15) is 6.61 Å². The Hall–Kier alpha value is -1.17. The van der Waals surface area contributed by atoms with E-state index in [0.29, 0.717) is 44.8 Å². The fourth-order valence-corrected chi connectivity index (χ4v) is 3.04. The minimum atomic E-state index is 0. The molecular weight excluding hydrogens is 487 g/mol. The lowest BCUT2D eigenvalue weighted by molar-refractivity contribution is 0.0536. The molecule has 0 spiro atoms. The summed E-state index contributed by atoms with van der Waals surface area (Å²) in [6, 6.07) is 3.91. The van der Waals surface area contributed by atoms with Gasteiger partial charge in [0.15, 0.2) is 5.96 Å². The van der Waals surface area contributed by atoms with Crippen LogP contribution >= 0.6 is 24.0 Å². The Morgan fingerprint density at radius 2 is 2.03 bits per heavy atom. The molecule has 0 aliphatic carbocycles. The van der Waals surface area contributed by atoms with E-state index in [4.69, 9.17) is 23.9 Å². The van der Waals surface area contributed by atoms with E-state index in [-0.39, 0.29) is 24.0 Å². The second-order valence-corrected chi connectivity index (χ2v) is 6.65. The third kappa shape index (κ3) is 9.45. The largest absolute Gasteiger partial charge is 0.475 e. The van der Waals surface area contributed by atoms with Gasteiger partial charge in [0.2, 0.25) is 5.88 Å². The van der Waals surface area contributed by atoms with Crippen molar-refractivity contribution in [1.82, 2.24) is 15.2 Å². The van der Waals surface area contributed by atoms with E-state index < -0.39 is 0 Å². The molecule has 1 fully saturated rings. The number of pyridine rings is 1. The molecule has 1 saturated heterocycles. The van der Waals surface area contributed by atoms with Crippen molar-refractivity contribution in [3.63, 3.8) is 0 Å². The van der Waals surface area contributed by atoms with Crippen molar-refractivity contribution in [2.24, 2.45) is 10.9 Å². The Kier molecular flexibility index (Phi) is 14.0. The summed E-state index contributed by atoms with van der Waals surface area (Å²) in [7, 11) is 3.34. The molecule has 0 amide bonds. The zero-order valence-corrected chi connectivity index (χ0v) is 20.1. The van der Waals surface area contributed by atoms with E-state index in [1.54, 1.807) is 20.4 Å². The number of aliphatic imine (C=N–C) groups is 1. The number of rotatable bonds is 12. The Bertz CT molecular complexity index is 591. The number of ether oxygens (including phenoxy) is 4. The number of aromatic nitrogens is 1. The van der Waals surface area contributed by atoms with Gasteiger partial charge in [0, 0.05) is 51.5 Å². The van der Waals surface area contributed by atoms with E-state index in [9.17, 15) is 0 Å². The van der Waals surface area contributed by atoms with E-state index in [0.717, 1.165) is 44.2 Å². The van der Waals surface area contributed by atoms with Crippen LogP contribution in [0.3, 0.4) is 0 Å². The van der Waals surface area contributed by atoms with Gasteiger partial charge in [-0.15, -0.1) is 24.0 Å². The molecule has 0 saturated carbocycles. The Balaban J connectivity index is 0.00000420. The molecule has 1 aromatic rings. The quantitative estimate of drug-likeness (QED) is 0.195. The zero-order valence-electron chi connectivity index (χ0n) is 17.8. The molecule has 29 heavy (non-hydrogen) atoms. The van der Waals surface area contributed by atoms with Gasteiger partial charge in [-0.3, -0.25) is 0 Å². The van der Waals surface area contributed by atoms with Gasteiger partial charge in [-0.2, -0.15) is 0 Å². The highest BCUT2D eigenvalue weighted by Crippen LogP contribution is 2.19. The smallest absolute Gasteiger partial charge is 0.218 e. The molecular formula is C20H35IN4O4. The molecule has 1 N–H and O–H groups in total. The molecule has 166 valence electrons. The Morgan fingerprint density at radius 1 is 1.24 bits per heavy atom. The summed E-state index contributed by atoms with van der Waals surface area (Å²) in [5, 5.41) is 3.40. The molecule has 0 aromatic carbocycles. The minimum absolute atomic E-state index is 0. The zero-order chi connectivity index (χ0) is 20.0. The first-order valence-corrected chi connectivity index (χ1v) is 9.94. The second kappa shape index (κ2) is 15.6. The predicted octanol–water partition coefficient (Wildman–Crippen LogP) is 2.18. The van der Waals surface area contributed by atoms with Gasteiger partial charge in [0.05, 0.1) is 33.0 Å². The van der Waals surface area contributed by atoms with Crippen LogP contribution in [0.2, 0.25) is 0 Å². The van der Waals surface area contributed by atoms with Gasteiger partial charge in [-0.1, -0.05) is 6.07 Å². The normalized spacial score (nSPS) is 16.6. The lowest BCUT2D eigenvalue weighted by atomic mass is 10.1. The van der Waals surface area contributed by atoms with Crippen LogP contribution in [0, 0.1) is 5.92 Å². The Labute approximate surface area is 191 Å². The van der Waals surface area contributed by atoms with Crippen molar-refractivity contribution >= 4 is 29.9 Å². The van der Waals surface area contributed by atoms with Crippen LogP contribution in [0.4, 0.5) is 0 Å². The molecule has 8 nitrogen and oxygen atoms in total. The van der Waals surface area contributed by atoms with E-state index in [2.05, 4.69) is 22.1 Å². The number of guanidine groups is 1. The summed E-state index contributed by atoms with van der Waals surface area (Å²) in [6.07, 6.45) is 2.84. The highest BCUT2D eigenvalue weighted by atomic mass is 127. The lowest BCUT2D eigenvalue weighted by Crippen LogP contribution is -2.40. The van der Waals surface area contributed by atoms with Gasteiger partial charge in [-0.05, 0) is 19.4 Å². The molecule has 1 aromatic heterocycles. The topological polar surface area (TPSA) is 77.4 Å². The summed E-state index contributed by atoms with van der Waals surface area (Å²) < 4.78 is 21.5. The molecule has 0 radical (unpaired) electrons. The predicted molar refractivity (Wildman–Crippen MR) is 124 cm³/mol. The first-order chi connectivity index (χ1) is 13.8. The molecule has 1 atom stereocenters. The van der Waals surface area contributed by atoms with Gasteiger partial charge in [-0.25, -0.2) is 9.98 Å². The third-order valence-electron chi connectivity index (χ3n) is 4.48. The number of hydrogen-bond donors (Lipinski definition) is 1. The van der Waals surface area contributed by atoms with Crippen molar-refractivity contribution in [3.05, 3.63) is 23.9 Å². The summed E-state index contributed by atoms with van der Waals surface area (Å²) in [5.74, 6) is 2.06. The first-order valence-electron chi connectivity index (χ1n) is 9.94. The maximum Gasteiger partial charge on any atom is 0.218 e. The van der Waals surface area contributed by atoms with Crippen molar-refractivity contribution in [2.75, 3.05) is 66.9 Å². The van der Waals surface area contributed by atoms with Crippen LogP contribution in [-0.2, 0) is 20.8 Å². The van der Waals surface area contributed by atoms with Crippen LogP contribution in [0.15, 0.2) is 23.3 Å². The van der Waals surface area contributed by atoms with Crippen molar-refractivity contribution in [3.8, 4) is 5.88 Å². The van der Waals surface area contributed by atoms with E-state index >= 15 is 0 Å². The molecule has 2 rings (SSSR count). The van der Waals surface area contributed by atoms with E-state index in [1.807, 2.05) is 12.1 Å². The number of methoxy groups -OCH3 is 2. The summed E-state index contributed by atoms with van der Waals surface area (Å²) in [4.78, 5) is 11.4. The minimum Gasteiger partial charge on any atom is -0.475 e. The molecule has 2 heterocycles. The van der Waals surface area contributed by atoms with Crippen molar-refractivity contribution in [2.45, 2.75) is 19.9 Å². The number of hydrogen-bond acceptors (Lipinski definition) is 6. The van der Waals surface area contributed by atoms with Crippen LogP contribution in [0.1, 0.15) is 18.9 Å².